The van der Waals surface area contributed by atoms with Gasteiger partial charge in [-0.2, -0.15) is 9.61 Å². The van der Waals surface area contributed by atoms with E-state index in [2.05, 4.69) is 25.9 Å². The van der Waals surface area contributed by atoms with Gasteiger partial charge in [-0.1, -0.05) is 54.7 Å². The molecular weight excluding hydrogens is 514 g/mol. The maximum Gasteiger partial charge on any atom is 0.293 e. The van der Waals surface area contributed by atoms with Gasteiger partial charge in [-0.3, -0.25) is 20.2 Å². The van der Waals surface area contributed by atoms with Crippen LogP contribution >= 0.6 is 23.6 Å². The number of non-ortho nitro benzene ring substituents is 1. The maximum absolute atomic E-state index is 12.5. The van der Waals surface area contributed by atoms with Crippen LogP contribution in [-0.4, -0.2) is 35.8 Å². The Labute approximate surface area is 219 Å². The summed E-state index contributed by atoms with van der Waals surface area (Å²) in [6, 6.07) is 16.9. The van der Waals surface area contributed by atoms with Crippen molar-refractivity contribution in [2.75, 3.05) is 0 Å². The number of nitro groups is 1. The number of hydrogen-bond donors (Lipinski definition) is 2. The molecule has 0 spiro atoms. The summed E-state index contributed by atoms with van der Waals surface area (Å²) >= 11 is 6.72. The molecule has 0 saturated heterocycles. The monoisotopic (exact) mass is 533 g/mol. The van der Waals surface area contributed by atoms with Crippen molar-refractivity contribution in [1.82, 2.24) is 30.4 Å². The SMILES string of the molecule is CCc1nnc2sc(-c3ccc(CNC(=S)NC(=O)c4ccc(-c5cccc([N+](=O)[O-])c5)o4)cc3)nn12. The Hall–Kier alpha value is -4.49. The molecule has 37 heavy (non-hydrogen) atoms. The van der Waals surface area contributed by atoms with Crippen LogP contribution in [0.5, 0.6) is 0 Å². The van der Waals surface area contributed by atoms with Gasteiger partial charge in [-0.05, 0) is 29.9 Å². The minimum absolute atomic E-state index is 0.0335. The lowest BCUT2D eigenvalue weighted by molar-refractivity contribution is -0.384. The number of nitrogens with zero attached hydrogens (tertiary/aromatic N) is 5. The summed E-state index contributed by atoms with van der Waals surface area (Å²) in [5.41, 5.74) is 2.35. The van der Waals surface area contributed by atoms with Gasteiger partial charge in [0.05, 0.1) is 4.92 Å². The van der Waals surface area contributed by atoms with Crippen LogP contribution in [0.4, 0.5) is 5.69 Å². The van der Waals surface area contributed by atoms with Crippen LogP contribution in [0.3, 0.4) is 0 Å². The molecule has 3 heterocycles. The molecule has 0 aliphatic heterocycles. The number of furan rings is 1. The fraction of sp³-hybridized carbons (Fsp3) is 0.125. The third-order valence-corrected chi connectivity index (χ3v) is 6.62. The number of hydrogen-bond acceptors (Lipinski definition) is 9. The summed E-state index contributed by atoms with van der Waals surface area (Å²) in [6.07, 6.45) is 0.754. The minimum atomic E-state index is -0.528. The van der Waals surface area contributed by atoms with Gasteiger partial charge in [0.1, 0.15) is 10.8 Å². The van der Waals surface area contributed by atoms with Crippen LogP contribution in [0.2, 0.25) is 0 Å². The zero-order valence-electron chi connectivity index (χ0n) is 19.4. The van der Waals surface area contributed by atoms with Gasteiger partial charge in [0.25, 0.3) is 11.6 Å². The van der Waals surface area contributed by atoms with Crippen molar-refractivity contribution in [3.05, 3.63) is 87.9 Å². The van der Waals surface area contributed by atoms with Crippen molar-refractivity contribution < 1.29 is 14.1 Å². The summed E-state index contributed by atoms with van der Waals surface area (Å²) in [5, 5.41) is 30.4. The van der Waals surface area contributed by atoms with Crippen LogP contribution in [0.15, 0.2) is 65.1 Å². The van der Waals surface area contributed by atoms with E-state index in [1.807, 2.05) is 31.2 Å². The molecule has 0 aliphatic carbocycles. The third kappa shape index (κ3) is 5.22. The quantitative estimate of drug-likeness (QED) is 0.177. The number of carbonyl (C=O) groups is 1. The lowest BCUT2D eigenvalue weighted by atomic mass is 10.1. The standard InChI is InChI=1S/C24H19N7O4S2/c1-2-20-27-28-24-30(20)29-22(37-24)15-8-6-14(7-9-15)13-25-23(36)26-21(32)19-11-10-18(35-19)16-4-3-5-17(12-16)31(33)34/h3-12H,2,13H2,1H3,(H2,25,26,32,36). The fourth-order valence-electron chi connectivity index (χ4n) is 3.54. The van der Waals surface area contributed by atoms with E-state index in [4.69, 9.17) is 16.6 Å². The summed E-state index contributed by atoms with van der Waals surface area (Å²) in [5.74, 6) is 0.665. The molecule has 2 aromatic carbocycles. The van der Waals surface area contributed by atoms with E-state index in [1.54, 1.807) is 22.7 Å². The molecule has 0 aliphatic rings. The topological polar surface area (TPSA) is 140 Å². The number of nitro benzene ring substituents is 1. The Morgan fingerprint density at radius 1 is 1.14 bits per heavy atom. The highest BCUT2D eigenvalue weighted by Crippen LogP contribution is 2.27. The molecule has 3 aromatic heterocycles. The van der Waals surface area contributed by atoms with Gasteiger partial charge in [-0.15, -0.1) is 10.2 Å². The molecule has 5 rings (SSSR count). The summed E-state index contributed by atoms with van der Waals surface area (Å²) in [6.45, 7) is 2.41. The fourth-order valence-corrected chi connectivity index (χ4v) is 4.57. The normalized spacial score (nSPS) is 10.9. The first-order valence-electron chi connectivity index (χ1n) is 11.2. The zero-order valence-corrected chi connectivity index (χ0v) is 21.0. The molecule has 186 valence electrons. The van der Waals surface area contributed by atoms with E-state index in [0.717, 1.165) is 33.3 Å². The molecule has 0 radical (unpaired) electrons. The maximum atomic E-state index is 12.5. The Kier molecular flexibility index (Phi) is 6.70. The predicted octanol–water partition coefficient (Wildman–Crippen LogP) is 4.39. The van der Waals surface area contributed by atoms with E-state index < -0.39 is 10.8 Å². The Bertz CT molecular complexity index is 1620. The van der Waals surface area contributed by atoms with Crippen LogP contribution < -0.4 is 10.6 Å². The summed E-state index contributed by atoms with van der Waals surface area (Å²) in [7, 11) is 0. The highest BCUT2D eigenvalue weighted by atomic mass is 32.1. The van der Waals surface area contributed by atoms with Gasteiger partial charge in [0.15, 0.2) is 16.7 Å². The molecule has 0 bridgehead atoms. The van der Waals surface area contributed by atoms with Crippen molar-refractivity contribution in [2.45, 2.75) is 19.9 Å². The highest BCUT2D eigenvalue weighted by molar-refractivity contribution is 7.80. The summed E-state index contributed by atoms with van der Waals surface area (Å²) < 4.78 is 7.34. The van der Waals surface area contributed by atoms with Crippen LogP contribution in [0, 0.1) is 10.1 Å². The van der Waals surface area contributed by atoms with E-state index >= 15 is 0 Å². The molecule has 1 amide bonds. The number of aryl methyl sites for hydroxylation is 1. The Balaban J connectivity index is 1.17. The van der Waals surface area contributed by atoms with Crippen molar-refractivity contribution in [3.8, 4) is 21.9 Å². The number of fused-ring (bicyclic) bond motifs is 1. The van der Waals surface area contributed by atoms with E-state index in [9.17, 15) is 14.9 Å². The lowest BCUT2D eigenvalue weighted by Crippen LogP contribution is -2.38. The number of thiocarbonyl (C=S) groups is 1. The van der Waals surface area contributed by atoms with Crippen molar-refractivity contribution in [2.24, 2.45) is 0 Å². The molecule has 5 aromatic rings. The van der Waals surface area contributed by atoms with Gasteiger partial charge in [0.2, 0.25) is 4.96 Å². The average Bonchev–Trinajstić information content (AvgIpc) is 3.64. The molecule has 13 heteroatoms. The number of aromatic nitrogens is 4. The van der Waals surface area contributed by atoms with Crippen LogP contribution in [0.1, 0.15) is 28.9 Å². The van der Waals surface area contributed by atoms with Crippen molar-refractivity contribution in [3.63, 3.8) is 0 Å². The molecule has 0 unspecified atom stereocenters. The van der Waals surface area contributed by atoms with Gasteiger partial charge in [-0.25, -0.2) is 0 Å². The summed E-state index contributed by atoms with van der Waals surface area (Å²) in [4.78, 5) is 23.8. The zero-order chi connectivity index (χ0) is 25.9. The highest BCUT2D eigenvalue weighted by Gasteiger charge is 2.16. The molecule has 0 fully saturated rings. The Morgan fingerprint density at radius 2 is 1.95 bits per heavy atom. The van der Waals surface area contributed by atoms with Crippen LogP contribution in [-0.2, 0) is 13.0 Å². The number of nitrogens with one attached hydrogen (secondary N) is 2. The smallest absolute Gasteiger partial charge is 0.293 e. The lowest BCUT2D eigenvalue weighted by Gasteiger charge is -2.09. The number of rotatable bonds is 7. The first kappa shape index (κ1) is 24.2. The first-order valence-corrected chi connectivity index (χ1v) is 12.4. The molecule has 0 atom stereocenters. The van der Waals surface area contributed by atoms with Gasteiger partial charge >= 0.3 is 0 Å². The molecule has 2 N–H and O–H groups in total. The van der Waals surface area contributed by atoms with E-state index in [-0.39, 0.29) is 16.6 Å². The van der Waals surface area contributed by atoms with E-state index in [1.165, 1.54) is 29.5 Å². The van der Waals surface area contributed by atoms with Crippen molar-refractivity contribution in [1.29, 1.82) is 0 Å². The van der Waals surface area contributed by atoms with E-state index in [0.29, 0.717) is 17.9 Å². The van der Waals surface area contributed by atoms with Crippen molar-refractivity contribution >= 4 is 45.2 Å². The largest absolute Gasteiger partial charge is 0.451 e. The average molecular weight is 534 g/mol. The number of carbonyl (C=O) groups excluding carboxylic acids is 1. The second-order valence-electron chi connectivity index (χ2n) is 7.88. The molecule has 11 nitrogen and oxygen atoms in total. The van der Waals surface area contributed by atoms with Gasteiger partial charge < -0.3 is 9.73 Å². The molecule has 0 saturated carbocycles. The Morgan fingerprint density at radius 3 is 2.70 bits per heavy atom. The minimum Gasteiger partial charge on any atom is -0.451 e. The third-order valence-electron chi connectivity index (χ3n) is 5.42. The second kappa shape index (κ2) is 10.2. The second-order valence-corrected chi connectivity index (χ2v) is 9.24. The van der Waals surface area contributed by atoms with Crippen LogP contribution in [0.25, 0.3) is 26.9 Å². The number of benzene rings is 2. The van der Waals surface area contributed by atoms with Gasteiger partial charge in [0, 0.05) is 36.2 Å². The molecular formula is C24H19N7O4S2. The predicted molar refractivity (Wildman–Crippen MR) is 141 cm³/mol. The number of amides is 1. The first-order chi connectivity index (χ1) is 17.9.